The van der Waals surface area contributed by atoms with Crippen LogP contribution in [0.1, 0.15) is 22.6 Å². The lowest BCUT2D eigenvalue weighted by Gasteiger charge is -2.10. The van der Waals surface area contributed by atoms with Crippen molar-refractivity contribution in [3.05, 3.63) is 46.9 Å². The molecule has 0 aliphatic rings. The molecule has 6 heteroatoms. The summed E-state index contributed by atoms with van der Waals surface area (Å²) >= 11 is 0. The quantitative estimate of drug-likeness (QED) is 0.891. The highest BCUT2D eigenvalue weighted by atomic mass is 32.2. The van der Waals surface area contributed by atoms with Crippen molar-refractivity contribution in [3.8, 4) is 0 Å². The Labute approximate surface area is 125 Å². The topological polar surface area (TPSA) is 71.3 Å². The summed E-state index contributed by atoms with van der Waals surface area (Å²) in [7, 11) is -1.87. The Hall–Kier alpha value is -1.79. The van der Waals surface area contributed by atoms with Crippen LogP contribution < -0.4 is 10.0 Å². The average Bonchev–Trinajstić information content (AvgIpc) is 2.75. The van der Waals surface area contributed by atoms with E-state index in [4.69, 9.17) is 4.42 Å². The van der Waals surface area contributed by atoms with Gasteiger partial charge in [-0.2, -0.15) is 0 Å². The molecule has 114 valence electrons. The minimum Gasteiger partial charge on any atom is -0.464 e. The van der Waals surface area contributed by atoms with E-state index in [0.717, 1.165) is 11.1 Å². The van der Waals surface area contributed by atoms with Crippen LogP contribution >= 0.6 is 0 Å². The van der Waals surface area contributed by atoms with Gasteiger partial charge in [-0.15, -0.1) is 0 Å². The Bertz CT molecular complexity index is 748. The maximum absolute atomic E-state index is 12.5. The van der Waals surface area contributed by atoms with Crippen LogP contribution in [0, 0.1) is 20.8 Å². The van der Waals surface area contributed by atoms with Crippen molar-refractivity contribution < 1.29 is 12.8 Å². The Balaban J connectivity index is 2.34. The molecule has 0 amide bonds. The molecule has 0 fully saturated rings. The van der Waals surface area contributed by atoms with E-state index >= 15 is 0 Å². The first-order valence-corrected chi connectivity index (χ1v) is 8.16. The molecule has 1 aromatic carbocycles. The van der Waals surface area contributed by atoms with Crippen molar-refractivity contribution in [1.82, 2.24) is 5.32 Å². The van der Waals surface area contributed by atoms with Gasteiger partial charge in [0.1, 0.15) is 16.4 Å². The Morgan fingerprint density at radius 3 is 2.48 bits per heavy atom. The van der Waals surface area contributed by atoms with Crippen LogP contribution in [-0.2, 0) is 16.6 Å². The maximum Gasteiger partial charge on any atom is 0.265 e. The summed E-state index contributed by atoms with van der Waals surface area (Å²) in [6, 6.07) is 7.13. The number of anilines is 1. The number of sulfonamides is 1. The predicted molar refractivity (Wildman–Crippen MR) is 82.9 cm³/mol. The van der Waals surface area contributed by atoms with E-state index in [1.165, 1.54) is 0 Å². The third kappa shape index (κ3) is 3.46. The van der Waals surface area contributed by atoms with Crippen molar-refractivity contribution in [2.24, 2.45) is 0 Å². The highest BCUT2D eigenvalue weighted by Crippen LogP contribution is 2.24. The molecule has 0 radical (unpaired) electrons. The first-order chi connectivity index (χ1) is 9.83. The van der Waals surface area contributed by atoms with Crippen molar-refractivity contribution >= 4 is 15.7 Å². The molecule has 0 spiro atoms. The van der Waals surface area contributed by atoms with Crippen LogP contribution in [0.4, 0.5) is 5.69 Å². The molecule has 0 unspecified atom stereocenters. The van der Waals surface area contributed by atoms with Crippen LogP contribution in [0.5, 0.6) is 0 Å². The van der Waals surface area contributed by atoms with Crippen LogP contribution in [0.2, 0.25) is 0 Å². The number of furan rings is 1. The second-order valence-electron chi connectivity index (χ2n) is 5.09. The number of nitrogens with one attached hydrogen (secondary N) is 2. The monoisotopic (exact) mass is 308 g/mol. The van der Waals surface area contributed by atoms with Crippen LogP contribution in [0.15, 0.2) is 33.6 Å². The molecular weight excluding hydrogens is 288 g/mol. The summed E-state index contributed by atoms with van der Waals surface area (Å²) in [5.74, 6) is 0.980. The summed E-state index contributed by atoms with van der Waals surface area (Å²) in [5.41, 5.74) is 2.55. The first kappa shape index (κ1) is 15.6. The molecular formula is C15H20N2O3S. The largest absolute Gasteiger partial charge is 0.464 e. The van der Waals surface area contributed by atoms with Crippen molar-refractivity contribution in [2.45, 2.75) is 32.2 Å². The fourth-order valence-electron chi connectivity index (χ4n) is 2.18. The maximum atomic E-state index is 12.5. The number of aryl methyl sites for hydroxylation is 3. The summed E-state index contributed by atoms with van der Waals surface area (Å²) in [5, 5.41) is 2.93. The minimum atomic E-state index is -3.65. The van der Waals surface area contributed by atoms with E-state index in [0.29, 0.717) is 23.8 Å². The van der Waals surface area contributed by atoms with E-state index in [1.807, 2.05) is 26.0 Å². The van der Waals surface area contributed by atoms with Gasteiger partial charge in [0.15, 0.2) is 0 Å². The second-order valence-corrected chi connectivity index (χ2v) is 6.74. The van der Waals surface area contributed by atoms with Crippen LogP contribution in [0.3, 0.4) is 0 Å². The number of benzene rings is 1. The predicted octanol–water partition coefficient (Wildman–Crippen LogP) is 2.73. The highest BCUT2D eigenvalue weighted by molar-refractivity contribution is 7.92. The van der Waals surface area contributed by atoms with E-state index in [-0.39, 0.29) is 4.90 Å². The van der Waals surface area contributed by atoms with E-state index in [9.17, 15) is 8.42 Å². The average molecular weight is 308 g/mol. The smallest absolute Gasteiger partial charge is 0.265 e. The second kappa shape index (κ2) is 5.91. The molecule has 5 nitrogen and oxygen atoms in total. The Morgan fingerprint density at radius 2 is 1.86 bits per heavy atom. The van der Waals surface area contributed by atoms with Gasteiger partial charge in [0.2, 0.25) is 0 Å². The normalized spacial score (nSPS) is 11.6. The van der Waals surface area contributed by atoms with Gasteiger partial charge in [0.05, 0.1) is 12.2 Å². The molecule has 2 N–H and O–H groups in total. The zero-order valence-corrected chi connectivity index (χ0v) is 13.5. The van der Waals surface area contributed by atoms with Gasteiger partial charge in [-0.25, -0.2) is 8.42 Å². The Kier molecular flexibility index (Phi) is 4.39. The summed E-state index contributed by atoms with van der Waals surface area (Å²) in [6.45, 7) is 5.98. The van der Waals surface area contributed by atoms with E-state index < -0.39 is 10.0 Å². The van der Waals surface area contributed by atoms with Crippen molar-refractivity contribution in [3.63, 3.8) is 0 Å². The van der Waals surface area contributed by atoms with Crippen molar-refractivity contribution in [1.29, 1.82) is 0 Å². The fourth-order valence-corrected chi connectivity index (χ4v) is 3.52. The summed E-state index contributed by atoms with van der Waals surface area (Å²) in [6.07, 6.45) is 0. The van der Waals surface area contributed by atoms with E-state index in [2.05, 4.69) is 10.0 Å². The van der Waals surface area contributed by atoms with Gasteiger partial charge < -0.3 is 9.73 Å². The first-order valence-electron chi connectivity index (χ1n) is 6.67. The molecule has 0 saturated carbocycles. The number of hydrogen-bond acceptors (Lipinski definition) is 4. The van der Waals surface area contributed by atoms with Gasteiger partial charge in [-0.05, 0) is 39.4 Å². The van der Waals surface area contributed by atoms with Gasteiger partial charge in [0, 0.05) is 6.07 Å². The lowest BCUT2D eigenvalue weighted by molar-refractivity contribution is 0.466. The molecule has 0 saturated heterocycles. The van der Waals surface area contributed by atoms with Crippen LogP contribution in [0.25, 0.3) is 0 Å². The fraction of sp³-hybridized carbons (Fsp3) is 0.333. The molecule has 2 aromatic rings. The molecule has 1 aromatic heterocycles. The summed E-state index contributed by atoms with van der Waals surface area (Å²) in [4.78, 5) is 0.174. The molecule has 1 heterocycles. The number of rotatable bonds is 5. The zero-order chi connectivity index (χ0) is 15.6. The summed E-state index contributed by atoms with van der Waals surface area (Å²) < 4.78 is 33.0. The van der Waals surface area contributed by atoms with Crippen molar-refractivity contribution in [2.75, 3.05) is 11.8 Å². The molecule has 0 atom stereocenters. The van der Waals surface area contributed by atoms with E-state index in [1.54, 1.807) is 26.1 Å². The van der Waals surface area contributed by atoms with Crippen LogP contribution in [-0.4, -0.2) is 15.5 Å². The highest BCUT2D eigenvalue weighted by Gasteiger charge is 2.22. The SMILES string of the molecule is CNCc1cc(S(=O)(=O)Nc2ccc(C)cc2C)c(C)o1. The lowest BCUT2D eigenvalue weighted by atomic mass is 10.1. The molecule has 0 aliphatic heterocycles. The lowest BCUT2D eigenvalue weighted by Crippen LogP contribution is -2.14. The third-order valence-electron chi connectivity index (χ3n) is 3.19. The molecule has 21 heavy (non-hydrogen) atoms. The van der Waals surface area contributed by atoms with Gasteiger partial charge in [-0.3, -0.25) is 4.72 Å². The molecule has 2 rings (SSSR count). The third-order valence-corrected chi connectivity index (χ3v) is 4.66. The van der Waals surface area contributed by atoms with Gasteiger partial charge in [-0.1, -0.05) is 17.7 Å². The molecule has 0 bridgehead atoms. The Morgan fingerprint density at radius 1 is 1.14 bits per heavy atom. The van der Waals surface area contributed by atoms with Gasteiger partial charge in [0.25, 0.3) is 10.0 Å². The molecule has 0 aliphatic carbocycles. The standard InChI is InChI=1S/C15H20N2O3S/c1-10-5-6-14(11(2)7-10)17-21(18,19)15-8-13(9-16-4)20-12(15)3/h5-8,16-17H,9H2,1-4H3. The zero-order valence-electron chi connectivity index (χ0n) is 12.6. The minimum absolute atomic E-state index is 0.174. The number of hydrogen-bond donors (Lipinski definition) is 2. The van der Waals surface area contributed by atoms with Gasteiger partial charge >= 0.3 is 0 Å².